The highest BCUT2D eigenvalue weighted by molar-refractivity contribution is 5.99. The monoisotopic (exact) mass is 226 g/mol. The van der Waals surface area contributed by atoms with Crippen LogP contribution in [0.4, 0.5) is 4.79 Å². The van der Waals surface area contributed by atoms with Gasteiger partial charge in [0.15, 0.2) is 6.10 Å². The van der Waals surface area contributed by atoms with Gasteiger partial charge in [0.05, 0.1) is 13.2 Å². The van der Waals surface area contributed by atoms with Crippen LogP contribution in [-0.4, -0.2) is 54.4 Å². The van der Waals surface area contributed by atoms with E-state index in [1.165, 1.54) is 0 Å². The molecular weight excluding hydrogens is 212 g/mol. The minimum atomic E-state index is -0.532. The maximum Gasteiger partial charge on any atom is 0.432 e. The van der Waals surface area contributed by atoms with Crippen LogP contribution in [0.3, 0.4) is 0 Å². The number of morpholine rings is 1. The Kier molecular flexibility index (Phi) is 2.33. The fraction of sp³-hybridized carbons (Fsp3) is 0.800. The lowest BCUT2D eigenvalue weighted by atomic mass is 10.2. The Labute approximate surface area is 93.0 Å². The van der Waals surface area contributed by atoms with Crippen molar-refractivity contribution in [2.24, 2.45) is 5.92 Å². The Morgan fingerprint density at radius 2 is 1.81 bits per heavy atom. The van der Waals surface area contributed by atoms with Crippen LogP contribution in [0.1, 0.15) is 12.8 Å². The number of carbonyl (C=O) groups excluding carboxylic acids is 2. The summed E-state index contributed by atoms with van der Waals surface area (Å²) in [5, 5.41) is 2.88. The first-order valence-electron chi connectivity index (χ1n) is 5.64. The molecule has 0 aromatic carbocycles. The van der Waals surface area contributed by atoms with Crippen LogP contribution in [0.15, 0.2) is 0 Å². The number of ether oxygens (including phenoxy) is 2. The highest BCUT2D eigenvalue weighted by Crippen LogP contribution is 2.38. The average Bonchev–Trinajstić information content (AvgIpc) is 3.07. The van der Waals surface area contributed by atoms with Crippen LogP contribution in [0.25, 0.3) is 0 Å². The lowest BCUT2D eigenvalue weighted by Crippen LogP contribution is -2.51. The van der Waals surface area contributed by atoms with Crippen LogP contribution >= 0.6 is 0 Å². The van der Waals surface area contributed by atoms with E-state index >= 15 is 0 Å². The maximum atomic E-state index is 12.0. The van der Waals surface area contributed by atoms with Crippen molar-refractivity contribution in [3.63, 3.8) is 0 Å². The van der Waals surface area contributed by atoms with Gasteiger partial charge in [-0.1, -0.05) is 0 Å². The fourth-order valence-corrected chi connectivity index (χ4v) is 2.12. The summed E-state index contributed by atoms with van der Waals surface area (Å²) in [7, 11) is 0. The van der Waals surface area contributed by atoms with Crippen molar-refractivity contribution in [2.45, 2.75) is 18.9 Å². The molecule has 88 valence electrons. The molecule has 0 bridgehead atoms. The Hall–Kier alpha value is -1.14. The number of hydrazine groups is 1. The minimum absolute atomic E-state index is 0.200. The third-order valence-corrected chi connectivity index (χ3v) is 3.17. The van der Waals surface area contributed by atoms with E-state index in [9.17, 15) is 9.59 Å². The molecule has 2 heterocycles. The standard InChI is InChI=1S/C10H14N2O4/c13-9-8(7-1-2-7)16-10(14)12(9)11-3-5-15-6-4-11/h7-8H,1-6H2. The van der Waals surface area contributed by atoms with Crippen molar-refractivity contribution in [1.82, 2.24) is 10.0 Å². The molecule has 3 aliphatic rings. The highest BCUT2D eigenvalue weighted by Gasteiger charge is 2.50. The summed E-state index contributed by atoms with van der Waals surface area (Å²) < 4.78 is 10.3. The molecule has 2 aliphatic heterocycles. The fourth-order valence-electron chi connectivity index (χ4n) is 2.12. The summed E-state index contributed by atoms with van der Waals surface area (Å²) in [6.45, 7) is 2.23. The smallest absolute Gasteiger partial charge is 0.432 e. The first-order chi connectivity index (χ1) is 7.77. The summed E-state index contributed by atoms with van der Waals surface area (Å²) in [4.78, 5) is 23.6. The molecule has 2 amide bonds. The van der Waals surface area contributed by atoms with E-state index in [0.717, 1.165) is 17.9 Å². The largest absolute Gasteiger partial charge is 0.434 e. The topological polar surface area (TPSA) is 59.1 Å². The van der Waals surface area contributed by atoms with Gasteiger partial charge in [-0.2, -0.15) is 5.01 Å². The van der Waals surface area contributed by atoms with Crippen LogP contribution in [0, 0.1) is 5.92 Å². The Bertz CT molecular complexity index is 323. The molecule has 0 N–H and O–H groups in total. The molecule has 6 heteroatoms. The summed E-state index contributed by atoms with van der Waals surface area (Å²) in [6.07, 6.45) is 0.917. The number of hydrogen-bond donors (Lipinski definition) is 0. The van der Waals surface area contributed by atoms with Crippen LogP contribution in [0.5, 0.6) is 0 Å². The van der Waals surface area contributed by atoms with Crippen molar-refractivity contribution >= 4 is 12.0 Å². The lowest BCUT2D eigenvalue weighted by Gasteiger charge is -2.31. The van der Waals surface area contributed by atoms with Crippen LogP contribution in [-0.2, 0) is 14.3 Å². The number of amides is 2. The van der Waals surface area contributed by atoms with Gasteiger partial charge >= 0.3 is 6.09 Å². The van der Waals surface area contributed by atoms with Gasteiger partial charge < -0.3 is 9.47 Å². The molecule has 1 atom stereocenters. The van der Waals surface area contributed by atoms with Gasteiger partial charge in [0.1, 0.15) is 0 Å². The van der Waals surface area contributed by atoms with Crippen molar-refractivity contribution in [1.29, 1.82) is 0 Å². The van der Waals surface area contributed by atoms with Gasteiger partial charge in [0.2, 0.25) is 0 Å². The second kappa shape index (κ2) is 3.71. The Morgan fingerprint density at radius 3 is 2.44 bits per heavy atom. The number of rotatable bonds is 2. The first kappa shape index (κ1) is 10.0. The van der Waals surface area contributed by atoms with E-state index in [0.29, 0.717) is 26.3 Å². The number of carbonyl (C=O) groups is 2. The Morgan fingerprint density at radius 1 is 1.12 bits per heavy atom. The molecule has 0 aromatic heterocycles. The lowest BCUT2D eigenvalue weighted by molar-refractivity contribution is -0.145. The van der Waals surface area contributed by atoms with Gasteiger partial charge in [0.25, 0.3) is 5.91 Å². The molecule has 0 radical (unpaired) electrons. The highest BCUT2D eigenvalue weighted by atomic mass is 16.6. The predicted octanol–water partition coefficient (Wildman–Crippen LogP) is -0.00900. The van der Waals surface area contributed by atoms with Gasteiger partial charge in [-0.05, 0) is 12.8 Å². The first-order valence-corrected chi connectivity index (χ1v) is 5.64. The number of imide groups is 1. The van der Waals surface area contributed by atoms with Crippen LogP contribution < -0.4 is 0 Å². The molecule has 0 aromatic rings. The SMILES string of the molecule is O=C1OC(C2CC2)C(=O)N1N1CCOCC1. The van der Waals surface area contributed by atoms with E-state index in [1.807, 2.05) is 0 Å². The molecular formula is C10H14N2O4. The van der Waals surface area contributed by atoms with Gasteiger partial charge in [-0.3, -0.25) is 4.79 Å². The van der Waals surface area contributed by atoms with Crippen molar-refractivity contribution in [3.8, 4) is 0 Å². The average molecular weight is 226 g/mol. The molecule has 1 unspecified atom stereocenters. The second-order valence-electron chi connectivity index (χ2n) is 4.36. The molecule has 6 nitrogen and oxygen atoms in total. The van der Waals surface area contributed by atoms with E-state index in [4.69, 9.17) is 9.47 Å². The summed E-state index contributed by atoms with van der Waals surface area (Å²) in [5.41, 5.74) is 0. The van der Waals surface area contributed by atoms with E-state index in [-0.39, 0.29) is 11.8 Å². The second-order valence-corrected chi connectivity index (χ2v) is 4.36. The Balaban J connectivity index is 1.73. The molecule has 3 rings (SSSR count). The van der Waals surface area contributed by atoms with Gasteiger partial charge in [-0.25, -0.2) is 9.80 Å². The summed E-state index contributed by atoms with van der Waals surface area (Å²) in [6, 6.07) is 0. The van der Waals surface area contributed by atoms with E-state index in [1.54, 1.807) is 5.01 Å². The molecule has 0 spiro atoms. The number of cyclic esters (lactones) is 1. The van der Waals surface area contributed by atoms with Crippen LogP contribution in [0.2, 0.25) is 0 Å². The predicted molar refractivity (Wildman–Crippen MR) is 52.2 cm³/mol. The zero-order valence-corrected chi connectivity index (χ0v) is 8.92. The third kappa shape index (κ3) is 1.58. The normalized spacial score (nSPS) is 32.0. The van der Waals surface area contributed by atoms with Crippen molar-refractivity contribution in [2.75, 3.05) is 26.3 Å². The van der Waals surface area contributed by atoms with E-state index < -0.39 is 12.2 Å². The molecule has 2 saturated heterocycles. The number of hydrogen-bond acceptors (Lipinski definition) is 5. The zero-order chi connectivity index (χ0) is 11.1. The number of nitrogens with zero attached hydrogens (tertiary/aromatic N) is 2. The van der Waals surface area contributed by atoms with Crippen molar-refractivity contribution in [3.05, 3.63) is 0 Å². The summed E-state index contributed by atoms with van der Waals surface area (Å²) >= 11 is 0. The van der Waals surface area contributed by atoms with Gasteiger partial charge in [-0.15, -0.1) is 0 Å². The minimum Gasteiger partial charge on any atom is -0.434 e. The third-order valence-electron chi connectivity index (χ3n) is 3.17. The van der Waals surface area contributed by atoms with E-state index in [2.05, 4.69) is 0 Å². The maximum absolute atomic E-state index is 12.0. The zero-order valence-electron chi connectivity index (χ0n) is 8.92. The molecule has 1 saturated carbocycles. The molecule has 16 heavy (non-hydrogen) atoms. The molecule has 3 fully saturated rings. The van der Waals surface area contributed by atoms with Gasteiger partial charge in [0, 0.05) is 19.0 Å². The quantitative estimate of drug-likeness (QED) is 0.663. The van der Waals surface area contributed by atoms with Crippen molar-refractivity contribution < 1.29 is 19.1 Å². The molecule has 1 aliphatic carbocycles. The summed E-state index contributed by atoms with van der Waals surface area (Å²) in [5.74, 6) is 0.0527.